The Morgan fingerprint density at radius 3 is 2.47 bits per heavy atom. The maximum Gasteiger partial charge on any atom is 0.411 e. The normalized spacial score (nSPS) is 17.4. The van der Waals surface area contributed by atoms with Gasteiger partial charge in [-0.15, -0.1) is 0 Å². The summed E-state index contributed by atoms with van der Waals surface area (Å²) in [5.74, 6) is 0. The molecule has 2 nitrogen and oxygen atoms in total. The molecule has 0 bridgehead atoms. The van der Waals surface area contributed by atoms with Crippen molar-refractivity contribution in [1.29, 1.82) is 5.26 Å². The standard InChI is InChI=1S/C11H8BrF3N2/c12-8-2-1-3-9(7(8)6-16)17-10(4-5-10)11(13,14)15/h1-3,17H,4-5H2. The fourth-order valence-electron chi connectivity index (χ4n) is 1.60. The second kappa shape index (κ2) is 3.91. The smallest absolute Gasteiger partial charge is 0.370 e. The summed E-state index contributed by atoms with van der Waals surface area (Å²) in [5.41, 5.74) is -1.43. The molecule has 1 fully saturated rings. The first-order valence-corrected chi connectivity index (χ1v) is 5.72. The number of benzene rings is 1. The zero-order valence-corrected chi connectivity index (χ0v) is 10.2. The van der Waals surface area contributed by atoms with E-state index in [0.717, 1.165) is 0 Å². The zero-order chi connectivity index (χ0) is 12.7. The molecule has 0 amide bonds. The van der Waals surface area contributed by atoms with Crippen LogP contribution in [-0.2, 0) is 0 Å². The molecule has 0 atom stereocenters. The molecule has 1 saturated carbocycles. The minimum Gasteiger partial charge on any atom is -0.370 e. The number of rotatable bonds is 2. The van der Waals surface area contributed by atoms with Crippen LogP contribution in [0.4, 0.5) is 18.9 Å². The van der Waals surface area contributed by atoms with E-state index in [1.807, 2.05) is 6.07 Å². The average molecular weight is 305 g/mol. The maximum atomic E-state index is 12.8. The molecule has 1 N–H and O–H groups in total. The second-order valence-electron chi connectivity index (χ2n) is 3.98. The minimum absolute atomic E-state index is 0.0495. The molecule has 2 rings (SSSR count). The highest BCUT2D eigenvalue weighted by Crippen LogP contribution is 2.51. The summed E-state index contributed by atoms with van der Waals surface area (Å²) in [6.45, 7) is 0. The Morgan fingerprint density at radius 2 is 2.00 bits per heavy atom. The van der Waals surface area contributed by atoms with Gasteiger partial charge in [-0.3, -0.25) is 0 Å². The maximum absolute atomic E-state index is 12.8. The van der Waals surface area contributed by atoms with Crippen LogP contribution in [0.2, 0.25) is 0 Å². The van der Waals surface area contributed by atoms with Crippen molar-refractivity contribution < 1.29 is 13.2 Å². The van der Waals surface area contributed by atoms with Gasteiger partial charge in [-0.2, -0.15) is 18.4 Å². The quantitative estimate of drug-likeness (QED) is 0.901. The average Bonchev–Trinajstić information content (AvgIpc) is 2.98. The van der Waals surface area contributed by atoms with Crippen molar-refractivity contribution in [3.05, 3.63) is 28.2 Å². The summed E-state index contributed by atoms with van der Waals surface area (Å²) in [4.78, 5) is 0. The first kappa shape index (κ1) is 12.2. The molecule has 0 aromatic heterocycles. The number of hydrogen-bond acceptors (Lipinski definition) is 2. The SMILES string of the molecule is N#Cc1c(Br)cccc1NC1(C(F)(F)F)CC1. The van der Waals surface area contributed by atoms with E-state index in [4.69, 9.17) is 5.26 Å². The molecule has 1 aliphatic carbocycles. The molecule has 17 heavy (non-hydrogen) atoms. The Kier molecular flexibility index (Phi) is 2.82. The van der Waals surface area contributed by atoms with Crippen LogP contribution in [0.15, 0.2) is 22.7 Å². The van der Waals surface area contributed by atoms with Crippen LogP contribution in [-0.4, -0.2) is 11.7 Å². The lowest BCUT2D eigenvalue weighted by molar-refractivity contribution is -0.151. The third-order valence-electron chi connectivity index (χ3n) is 2.79. The van der Waals surface area contributed by atoms with Crippen LogP contribution < -0.4 is 5.32 Å². The topological polar surface area (TPSA) is 35.8 Å². The molecule has 1 aromatic carbocycles. The van der Waals surface area contributed by atoms with Crippen LogP contribution >= 0.6 is 15.9 Å². The van der Waals surface area contributed by atoms with Crippen LogP contribution in [0.5, 0.6) is 0 Å². The fraction of sp³-hybridized carbons (Fsp3) is 0.364. The molecule has 1 aromatic rings. The van der Waals surface area contributed by atoms with Crippen molar-refractivity contribution in [3.8, 4) is 6.07 Å². The fourth-order valence-corrected chi connectivity index (χ4v) is 2.06. The van der Waals surface area contributed by atoms with E-state index < -0.39 is 11.7 Å². The van der Waals surface area contributed by atoms with E-state index in [2.05, 4.69) is 21.2 Å². The molecule has 0 radical (unpaired) electrons. The largest absolute Gasteiger partial charge is 0.411 e. The van der Waals surface area contributed by atoms with E-state index in [-0.39, 0.29) is 24.1 Å². The predicted octanol–water partition coefficient (Wildman–Crippen LogP) is 3.83. The van der Waals surface area contributed by atoms with Gasteiger partial charge in [-0.1, -0.05) is 6.07 Å². The van der Waals surface area contributed by atoms with Crippen LogP contribution in [0, 0.1) is 11.3 Å². The lowest BCUT2D eigenvalue weighted by Gasteiger charge is -2.22. The van der Waals surface area contributed by atoms with Gasteiger partial charge in [-0.25, -0.2) is 0 Å². The number of anilines is 1. The van der Waals surface area contributed by atoms with Gasteiger partial charge in [0, 0.05) is 4.47 Å². The van der Waals surface area contributed by atoms with Gasteiger partial charge in [0.1, 0.15) is 11.6 Å². The predicted molar refractivity (Wildman–Crippen MR) is 60.5 cm³/mol. The van der Waals surface area contributed by atoms with Crippen LogP contribution in [0.3, 0.4) is 0 Å². The Bertz CT molecular complexity index is 486. The van der Waals surface area contributed by atoms with E-state index in [1.54, 1.807) is 12.1 Å². The molecule has 0 spiro atoms. The highest BCUT2D eigenvalue weighted by molar-refractivity contribution is 9.10. The molecule has 0 heterocycles. The van der Waals surface area contributed by atoms with Gasteiger partial charge in [0.25, 0.3) is 0 Å². The number of hydrogen-bond donors (Lipinski definition) is 1. The monoisotopic (exact) mass is 304 g/mol. The summed E-state index contributed by atoms with van der Waals surface area (Å²) < 4.78 is 38.8. The van der Waals surface area contributed by atoms with E-state index in [0.29, 0.717) is 4.47 Å². The first-order valence-electron chi connectivity index (χ1n) is 4.93. The van der Waals surface area contributed by atoms with Crippen LogP contribution in [0.25, 0.3) is 0 Å². The highest BCUT2D eigenvalue weighted by Gasteiger charge is 2.63. The second-order valence-corrected chi connectivity index (χ2v) is 4.83. The van der Waals surface area contributed by atoms with Crippen molar-refractivity contribution in [1.82, 2.24) is 0 Å². The van der Waals surface area contributed by atoms with Gasteiger partial charge >= 0.3 is 6.18 Å². The van der Waals surface area contributed by atoms with Gasteiger partial charge in [0.05, 0.1) is 11.3 Å². The molecule has 6 heteroatoms. The summed E-state index contributed by atoms with van der Waals surface area (Å²) in [6, 6.07) is 6.59. The number of halogens is 4. The van der Waals surface area contributed by atoms with Crippen molar-refractivity contribution in [2.75, 3.05) is 5.32 Å². The molecule has 0 unspecified atom stereocenters. The summed E-state index contributed by atoms with van der Waals surface area (Å²) >= 11 is 3.14. The lowest BCUT2D eigenvalue weighted by Crippen LogP contribution is -2.38. The van der Waals surface area contributed by atoms with Gasteiger partial charge in [0.2, 0.25) is 0 Å². The third-order valence-corrected chi connectivity index (χ3v) is 3.45. The van der Waals surface area contributed by atoms with Crippen molar-refractivity contribution >= 4 is 21.6 Å². The van der Waals surface area contributed by atoms with Gasteiger partial charge in [-0.05, 0) is 40.9 Å². The van der Waals surface area contributed by atoms with E-state index in [1.165, 1.54) is 6.07 Å². The third kappa shape index (κ3) is 2.12. The number of alkyl halides is 3. The minimum atomic E-state index is -4.29. The molecule has 0 saturated heterocycles. The Morgan fingerprint density at radius 1 is 1.35 bits per heavy atom. The molecule has 1 aliphatic rings. The first-order chi connectivity index (χ1) is 7.89. The molecule has 0 aliphatic heterocycles. The lowest BCUT2D eigenvalue weighted by atomic mass is 10.1. The Balaban J connectivity index is 2.33. The number of nitriles is 1. The Labute approximate surface area is 105 Å². The summed E-state index contributed by atoms with van der Waals surface area (Å²) in [7, 11) is 0. The van der Waals surface area contributed by atoms with Crippen molar-refractivity contribution in [3.63, 3.8) is 0 Å². The van der Waals surface area contributed by atoms with Crippen molar-refractivity contribution in [2.24, 2.45) is 0 Å². The van der Waals surface area contributed by atoms with Crippen LogP contribution in [0.1, 0.15) is 18.4 Å². The zero-order valence-electron chi connectivity index (χ0n) is 8.61. The summed E-state index contributed by atoms with van der Waals surface area (Å²) in [6.07, 6.45) is -4.19. The highest BCUT2D eigenvalue weighted by atomic mass is 79.9. The molecular formula is C11H8BrF3N2. The van der Waals surface area contributed by atoms with E-state index in [9.17, 15) is 13.2 Å². The van der Waals surface area contributed by atoms with Gasteiger partial charge < -0.3 is 5.32 Å². The van der Waals surface area contributed by atoms with Crippen molar-refractivity contribution in [2.45, 2.75) is 24.6 Å². The van der Waals surface area contributed by atoms with Gasteiger partial charge in [0.15, 0.2) is 0 Å². The molecule has 90 valence electrons. The number of nitrogens with zero attached hydrogens (tertiary/aromatic N) is 1. The summed E-state index contributed by atoms with van der Waals surface area (Å²) in [5, 5.41) is 11.4. The number of nitrogens with one attached hydrogen (secondary N) is 1. The Hall–Kier alpha value is -1.22. The molecular weight excluding hydrogens is 297 g/mol. The van der Waals surface area contributed by atoms with E-state index >= 15 is 0 Å².